The molecule has 156 valence electrons. The number of ether oxygens (including phenoxy) is 3. The lowest BCUT2D eigenvalue weighted by molar-refractivity contribution is -0.111. The molecule has 0 aliphatic carbocycles. The maximum atomic E-state index is 13.1. The smallest absolute Gasteiger partial charge is 0.250 e. The Balaban J connectivity index is 1.75. The fourth-order valence-corrected chi connectivity index (χ4v) is 3.68. The molecule has 0 bridgehead atoms. The molecule has 0 saturated carbocycles. The third kappa shape index (κ3) is 4.77. The molecule has 3 aromatic rings. The molecule has 0 aliphatic rings. The van der Waals surface area contributed by atoms with E-state index in [2.05, 4.69) is 10.3 Å². The highest BCUT2D eigenvalue weighted by Crippen LogP contribution is 2.38. The lowest BCUT2D eigenvalue weighted by Gasteiger charge is -2.12. The Morgan fingerprint density at radius 3 is 2.27 bits per heavy atom. The van der Waals surface area contributed by atoms with Crippen LogP contribution in [0.3, 0.4) is 0 Å². The zero-order valence-electron chi connectivity index (χ0n) is 17.0. The first-order valence-corrected chi connectivity index (χ1v) is 9.79. The van der Waals surface area contributed by atoms with Gasteiger partial charge in [-0.2, -0.15) is 0 Å². The molecule has 0 atom stereocenters. The van der Waals surface area contributed by atoms with Gasteiger partial charge in [0.25, 0.3) is 0 Å². The highest BCUT2D eigenvalue weighted by atomic mass is 32.1. The van der Waals surface area contributed by atoms with Crippen molar-refractivity contribution >= 4 is 28.5 Å². The summed E-state index contributed by atoms with van der Waals surface area (Å²) in [5.41, 5.74) is 2.21. The van der Waals surface area contributed by atoms with Crippen LogP contribution in [0, 0.1) is 12.7 Å². The van der Waals surface area contributed by atoms with Gasteiger partial charge in [0.1, 0.15) is 5.82 Å². The summed E-state index contributed by atoms with van der Waals surface area (Å²) in [6.07, 6.45) is 3.04. The highest BCUT2D eigenvalue weighted by Gasteiger charge is 2.13. The Hall–Kier alpha value is -3.39. The van der Waals surface area contributed by atoms with Gasteiger partial charge in [-0.1, -0.05) is 0 Å². The summed E-state index contributed by atoms with van der Waals surface area (Å²) in [5, 5.41) is 3.22. The first-order chi connectivity index (χ1) is 14.4. The van der Waals surface area contributed by atoms with Crippen molar-refractivity contribution in [3.05, 3.63) is 58.7 Å². The second-order valence-electron chi connectivity index (χ2n) is 6.21. The second-order valence-corrected chi connectivity index (χ2v) is 7.42. The van der Waals surface area contributed by atoms with Crippen LogP contribution in [0.5, 0.6) is 17.2 Å². The van der Waals surface area contributed by atoms with Crippen LogP contribution in [0.15, 0.2) is 42.5 Å². The van der Waals surface area contributed by atoms with Crippen molar-refractivity contribution in [2.45, 2.75) is 6.92 Å². The van der Waals surface area contributed by atoms with E-state index >= 15 is 0 Å². The number of rotatable bonds is 7. The molecule has 0 aliphatic heterocycles. The quantitative estimate of drug-likeness (QED) is 0.540. The Bertz CT molecular complexity index is 1050. The summed E-state index contributed by atoms with van der Waals surface area (Å²) in [6, 6.07) is 9.57. The third-order valence-electron chi connectivity index (χ3n) is 4.26. The van der Waals surface area contributed by atoms with Crippen molar-refractivity contribution in [1.82, 2.24) is 4.98 Å². The molecule has 1 aromatic heterocycles. The lowest BCUT2D eigenvalue weighted by atomic mass is 10.1. The molecule has 0 saturated heterocycles. The van der Waals surface area contributed by atoms with E-state index in [1.807, 2.05) is 6.92 Å². The minimum Gasteiger partial charge on any atom is -0.493 e. The minimum atomic E-state index is -0.330. The number of methoxy groups -OCH3 is 3. The standard InChI is InChI=1S/C22H21FN2O4S/c1-13-20(15-6-8-16(23)9-7-15)25-22(30-13)24-19(26)10-5-14-11-17(27-2)21(29-4)18(12-14)28-3/h5-12H,1-4H3,(H,24,25,26)/b10-5+. The number of thiazole rings is 1. The molecule has 0 spiro atoms. The number of aryl methyl sites for hydroxylation is 1. The highest BCUT2D eigenvalue weighted by molar-refractivity contribution is 7.16. The van der Waals surface area contributed by atoms with Gasteiger partial charge in [-0.15, -0.1) is 11.3 Å². The average Bonchev–Trinajstić information content (AvgIpc) is 3.11. The molecule has 30 heavy (non-hydrogen) atoms. The third-order valence-corrected chi connectivity index (χ3v) is 5.14. The number of nitrogens with one attached hydrogen (secondary N) is 1. The van der Waals surface area contributed by atoms with Crippen molar-refractivity contribution in [3.8, 4) is 28.5 Å². The molecule has 3 rings (SSSR count). The number of carbonyl (C=O) groups excluding carboxylic acids is 1. The molecular weight excluding hydrogens is 407 g/mol. The van der Waals surface area contributed by atoms with E-state index in [0.717, 1.165) is 10.4 Å². The Kier molecular flexibility index (Phi) is 6.68. The van der Waals surface area contributed by atoms with Crippen molar-refractivity contribution in [1.29, 1.82) is 0 Å². The molecular formula is C22H21FN2O4S. The molecule has 1 N–H and O–H groups in total. The molecule has 0 unspecified atom stereocenters. The van der Waals surface area contributed by atoms with E-state index in [0.29, 0.717) is 33.6 Å². The summed E-state index contributed by atoms with van der Waals surface area (Å²) in [5.74, 6) is 0.834. The first kappa shape index (κ1) is 21.3. The Labute approximate surface area is 177 Å². The summed E-state index contributed by atoms with van der Waals surface area (Å²) in [7, 11) is 4.58. The van der Waals surface area contributed by atoms with E-state index in [4.69, 9.17) is 14.2 Å². The maximum Gasteiger partial charge on any atom is 0.250 e. The van der Waals surface area contributed by atoms with E-state index in [1.165, 1.54) is 50.9 Å². The number of aromatic nitrogens is 1. The van der Waals surface area contributed by atoms with Crippen LogP contribution in [0.4, 0.5) is 9.52 Å². The number of benzene rings is 2. The van der Waals surface area contributed by atoms with Gasteiger partial charge in [-0.3, -0.25) is 10.1 Å². The van der Waals surface area contributed by atoms with Gasteiger partial charge in [0, 0.05) is 16.5 Å². The average molecular weight is 428 g/mol. The molecule has 2 aromatic carbocycles. The minimum absolute atomic E-state index is 0.308. The first-order valence-electron chi connectivity index (χ1n) is 8.97. The van der Waals surface area contributed by atoms with Crippen LogP contribution in [0.1, 0.15) is 10.4 Å². The molecule has 8 heteroatoms. The van der Waals surface area contributed by atoms with Gasteiger partial charge < -0.3 is 14.2 Å². The number of hydrogen-bond acceptors (Lipinski definition) is 6. The normalized spacial score (nSPS) is 10.8. The van der Waals surface area contributed by atoms with Gasteiger partial charge in [0.05, 0.1) is 27.0 Å². The summed E-state index contributed by atoms with van der Waals surface area (Å²) < 4.78 is 29.1. The molecule has 6 nitrogen and oxygen atoms in total. The second kappa shape index (κ2) is 9.41. The summed E-state index contributed by atoms with van der Waals surface area (Å²) >= 11 is 1.35. The van der Waals surface area contributed by atoms with Crippen LogP contribution < -0.4 is 19.5 Å². The van der Waals surface area contributed by atoms with E-state index in [9.17, 15) is 9.18 Å². The van der Waals surface area contributed by atoms with Gasteiger partial charge in [-0.25, -0.2) is 9.37 Å². The fourth-order valence-electron chi connectivity index (χ4n) is 2.84. The zero-order valence-corrected chi connectivity index (χ0v) is 17.8. The van der Waals surface area contributed by atoms with Crippen LogP contribution in [0.2, 0.25) is 0 Å². The van der Waals surface area contributed by atoms with Crippen LogP contribution in [-0.2, 0) is 4.79 Å². The van der Waals surface area contributed by atoms with Gasteiger partial charge in [0.2, 0.25) is 11.7 Å². The lowest BCUT2D eigenvalue weighted by Crippen LogP contribution is -2.07. The van der Waals surface area contributed by atoms with E-state index in [1.54, 1.807) is 30.3 Å². The number of anilines is 1. The van der Waals surface area contributed by atoms with E-state index < -0.39 is 0 Å². The van der Waals surface area contributed by atoms with Gasteiger partial charge in [0.15, 0.2) is 16.6 Å². The molecule has 0 radical (unpaired) electrons. The largest absolute Gasteiger partial charge is 0.493 e. The van der Waals surface area contributed by atoms with Crippen LogP contribution >= 0.6 is 11.3 Å². The molecule has 1 amide bonds. The predicted molar refractivity (Wildman–Crippen MR) is 116 cm³/mol. The zero-order chi connectivity index (χ0) is 21.7. The van der Waals surface area contributed by atoms with Crippen molar-refractivity contribution in [3.63, 3.8) is 0 Å². The number of hydrogen-bond donors (Lipinski definition) is 1. The van der Waals surface area contributed by atoms with Gasteiger partial charge >= 0.3 is 0 Å². The fraction of sp³-hybridized carbons (Fsp3) is 0.182. The number of carbonyl (C=O) groups is 1. The maximum absolute atomic E-state index is 13.1. The van der Waals surface area contributed by atoms with Gasteiger partial charge in [-0.05, 0) is 55.0 Å². The number of nitrogens with zero attached hydrogens (tertiary/aromatic N) is 1. The van der Waals surface area contributed by atoms with Crippen molar-refractivity contribution in [2.75, 3.05) is 26.6 Å². The topological polar surface area (TPSA) is 69.7 Å². The predicted octanol–water partition coefficient (Wildman–Crippen LogP) is 4.94. The number of halogens is 1. The van der Waals surface area contributed by atoms with Crippen LogP contribution in [0.25, 0.3) is 17.3 Å². The number of amides is 1. The van der Waals surface area contributed by atoms with Crippen LogP contribution in [-0.4, -0.2) is 32.2 Å². The van der Waals surface area contributed by atoms with Crippen molar-refractivity contribution in [2.24, 2.45) is 0 Å². The summed E-state index contributed by atoms with van der Waals surface area (Å²) in [6.45, 7) is 1.90. The Morgan fingerprint density at radius 1 is 1.07 bits per heavy atom. The van der Waals surface area contributed by atoms with Crippen molar-refractivity contribution < 1.29 is 23.4 Å². The molecule has 0 fully saturated rings. The molecule has 1 heterocycles. The summed E-state index contributed by atoms with van der Waals surface area (Å²) in [4.78, 5) is 17.7. The monoisotopic (exact) mass is 428 g/mol. The Morgan fingerprint density at radius 2 is 1.70 bits per heavy atom. The SMILES string of the molecule is COc1cc(/C=C/C(=O)Nc2nc(-c3ccc(F)cc3)c(C)s2)cc(OC)c1OC. The van der Waals surface area contributed by atoms with E-state index in [-0.39, 0.29) is 11.7 Å².